The lowest BCUT2D eigenvalue weighted by molar-refractivity contribution is 0.122. The van der Waals surface area contributed by atoms with Gasteiger partial charge >= 0.3 is 6.03 Å². The summed E-state index contributed by atoms with van der Waals surface area (Å²) in [6.07, 6.45) is 1.57. The van der Waals surface area contributed by atoms with Crippen molar-refractivity contribution < 1.29 is 13.7 Å². The summed E-state index contributed by atoms with van der Waals surface area (Å²) in [6.45, 7) is 5.88. The Hall–Kier alpha value is -2.48. The molecule has 146 valence electrons. The van der Waals surface area contributed by atoms with E-state index in [-0.39, 0.29) is 11.8 Å². The zero-order valence-electron chi connectivity index (χ0n) is 16.1. The molecule has 8 heteroatoms. The number of benzene rings is 1. The average Bonchev–Trinajstić information content (AvgIpc) is 3.13. The molecular formula is C19H26FN5O2. The minimum atomic E-state index is -0.272. The summed E-state index contributed by atoms with van der Waals surface area (Å²) < 4.78 is 19.0. The molecule has 1 saturated heterocycles. The molecule has 27 heavy (non-hydrogen) atoms. The molecule has 0 atom stereocenters. The molecule has 0 unspecified atom stereocenters. The Balaban J connectivity index is 1.45. The second-order valence-electron chi connectivity index (χ2n) is 7.08. The molecule has 1 aromatic carbocycles. The molecule has 0 spiro atoms. The van der Waals surface area contributed by atoms with Gasteiger partial charge < -0.3 is 14.3 Å². The van der Waals surface area contributed by atoms with Crippen molar-refractivity contribution in [2.75, 3.05) is 46.8 Å². The summed E-state index contributed by atoms with van der Waals surface area (Å²) in [6, 6.07) is 5.00. The summed E-state index contributed by atoms with van der Waals surface area (Å²) in [4.78, 5) is 22.1. The molecule has 1 aliphatic heterocycles. The van der Waals surface area contributed by atoms with Crippen molar-refractivity contribution in [1.29, 1.82) is 0 Å². The van der Waals surface area contributed by atoms with Gasteiger partial charge in [0.25, 0.3) is 0 Å². The smallest absolute Gasteiger partial charge is 0.319 e. The Bertz CT molecular complexity index is 784. The van der Waals surface area contributed by atoms with Crippen LogP contribution in [0.25, 0.3) is 11.4 Å². The van der Waals surface area contributed by atoms with Crippen LogP contribution in [0.2, 0.25) is 0 Å². The van der Waals surface area contributed by atoms with E-state index in [1.54, 1.807) is 38.1 Å². The number of piperazine rings is 1. The van der Waals surface area contributed by atoms with Crippen molar-refractivity contribution in [3.63, 3.8) is 0 Å². The van der Waals surface area contributed by atoms with Crippen LogP contribution in [-0.4, -0.2) is 77.7 Å². The van der Waals surface area contributed by atoms with Crippen molar-refractivity contribution in [2.45, 2.75) is 19.8 Å². The van der Waals surface area contributed by atoms with E-state index in [0.29, 0.717) is 29.3 Å². The Morgan fingerprint density at radius 1 is 1.26 bits per heavy atom. The number of hydrogen-bond acceptors (Lipinski definition) is 5. The van der Waals surface area contributed by atoms with Crippen LogP contribution < -0.4 is 0 Å². The quantitative estimate of drug-likeness (QED) is 0.803. The fourth-order valence-corrected chi connectivity index (χ4v) is 3.11. The SMILES string of the molecule is Cc1ccc(-c2noc(CCCN3CCN(C(=O)N(C)C)CC3)n2)cc1F. The summed E-state index contributed by atoms with van der Waals surface area (Å²) in [5, 5.41) is 3.95. The second kappa shape index (κ2) is 8.47. The van der Waals surface area contributed by atoms with Crippen LogP contribution >= 0.6 is 0 Å². The first-order chi connectivity index (χ1) is 12.9. The molecule has 1 aromatic heterocycles. The Labute approximate surface area is 158 Å². The van der Waals surface area contributed by atoms with Gasteiger partial charge in [-0.25, -0.2) is 9.18 Å². The highest BCUT2D eigenvalue weighted by Gasteiger charge is 2.21. The van der Waals surface area contributed by atoms with Gasteiger partial charge in [0.05, 0.1) is 0 Å². The molecule has 1 fully saturated rings. The lowest BCUT2D eigenvalue weighted by Gasteiger charge is -2.35. The molecule has 0 aliphatic carbocycles. The molecule has 7 nitrogen and oxygen atoms in total. The molecule has 0 saturated carbocycles. The van der Waals surface area contributed by atoms with E-state index in [1.807, 2.05) is 4.90 Å². The maximum absolute atomic E-state index is 13.7. The van der Waals surface area contributed by atoms with Gasteiger partial charge in [-0.05, 0) is 31.5 Å². The Morgan fingerprint density at radius 3 is 2.67 bits per heavy atom. The first-order valence-corrected chi connectivity index (χ1v) is 9.21. The molecule has 0 N–H and O–H groups in total. The van der Waals surface area contributed by atoms with Gasteiger partial charge in [0, 0.05) is 52.3 Å². The van der Waals surface area contributed by atoms with E-state index in [0.717, 1.165) is 39.1 Å². The van der Waals surface area contributed by atoms with Gasteiger partial charge in [0.1, 0.15) is 5.82 Å². The number of nitrogens with zero attached hydrogens (tertiary/aromatic N) is 5. The van der Waals surface area contributed by atoms with Crippen molar-refractivity contribution in [2.24, 2.45) is 0 Å². The number of amides is 2. The van der Waals surface area contributed by atoms with Crippen LogP contribution in [0.4, 0.5) is 9.18 Å². The maximum Gasteiger partial charge on any atom is 0.319 e. The minimum Gasteiger partial charge on any atom is -0.339 e. The third kappa shape index (κ3) is 4.82. The highest BCUT2D eigenvalue weighted by atomic mass is 19.1. The zero-order valence-corrected chi connectivity index (χ0v) is 16.1. The van der Waals surface area contributed by atoms with Crippen LogP contribution in [0.15, 0.2) is 22.7 Å². The van der Waals surface area contributed by atoms with E-state index in [4.69, 9.17) is 4.52 Å². The number of carbonyl (C=O) groups excluding carboxylic acids is 1. The number of hydrogen-bond donors (Lipinski definition) is 0. The number of halogens is 1. The van der Waals surface area contributed by atoms with E-state index < -0.39 is 0 Å². The van der Waals surface area contributed by atoms with Gasteiger partial charge in [0.15, 0.2) is 0 Å². The van der Waals surface area contributed by atoms with Gasteiger partial charge in [-0.15, -0.1) is 0 Å². The number of rotatable bonds is 5. The monoisotopic (exact) mass is 375 g/mol. The van der Waals surface area contributed by atoms with Gasteiger partial charge in [-0.1, -0.05) is 17.3 Å². The summed E-state index contributed by atoms with van der Waals surface area (Å²) in [5.74, 6) is 0.706. The molecule has 2 aromatic rings. The molecule has 2 amide bonds. The predicted octanol–water partition coefficient (Wildman–Crippen LogP) is 2.42. The molecule has 2 heterocycles. The minimum absolute atomic E-state index is 0.0700. The van der Waals surface area contributed by atoms with Gasteiger partial charge in [0.2, 0.25) is 11.7 Å². The summed E-state index contributed by atoms with van der Waals surface area (Å²) >= 11 is 0. The zero-order chi connectivity index (χ0) is 19.4. The van der Waals surface area contributed by atoms with Crippen molar-refractivity contribution in [1.82, 2.24) is 24.8 Å². The van der Waals surface area contributed by atoms with Crippen LogP contribution in [-0.2, 0) is 6.42 Å². The number of aromatic nitrogens is 2. The summed E-state index contributed by atoms with van der Waals surface area (Å²) in [7, 11) is 3.55. The first-order valence-electron chi connectivity index (χ1n) is 9.21. The van der Waals surface area contributed by atoms with E-state index in [2.05, 4.69) is 15.0 Å². The fourth-order valence-electron chi connectivity index (χ4n) is 3.11. The molecule has 1 aliphatic rings. The van der Waals surface area contributed by atoms with Gasteiger partial charge in [-0.3, -0.25) is 4.90 Å². The lowest BCUT2D eigenvalue weighted by atomic mass is 10.1. The lowest BCUT2D eigenvalue weighted by Crippen LogP contribution is -2.51. The van der Waals surface area contributed by atoms with Crippen LogP contribution in [0, 0.1) is 12.7 Å². The van der Waals surface area contributed by atoms with Gasteiger partial charge in [-0.2, -0.15) is 4.98 Å². The van der Waals surface area contributed by atoms with Crippen LogP contribution in [0.1, 0.15) is 17.9 Å². The van der Waals surface area contributed by atoms with E-state index >= 15 is 0 Å². The number of carbonyl (C=O) groups is 1. The van der Waals surface area contributed by atoms with Crippen LogP contribution in [0.5, 0.6) is 0 Å². The third-order valence-electron chi connectivity index (χ3n) is 4.79. The highest BCUT2D eigenvalue weighted by Crippen LogP contribution is 2.19. The standard InChI is InChI=1S/C19H26FN5O2/c1-14-6-7-15(13-16(14)20)18-21-17(27-22-18)5-4-8-24-9-11-25(12-10-24)19(26)23(2)3/h6-7,13H,4-5,8-12H2,1-3H3. The second-order valence-corrected chi connectivity index (χ2v) is 7.08. The fraction of sp³-hybridized carbons (Fsp3) is 0.526. The molecule has 0 bridgehead atoms. The van der Waals surface area contributed by atoms with Crippen molar-refractivity contribution >= 4 is 6.03 Å². The predicted molar refractivity (Wildman–Crippen MR) is 99.8 cm³/mol. The Kier molecular flexibility index (Phi) is 6.05. The molecular weight excluding hydrogens is 349 g/mol. The number of urea groups is 1. The molecule has 0 radical (unpaired) electrons. The molecule has 3 rings (SSSR count). The largest absolute Gasteiger partial charge is 0.339 e. The van der Waals surface area contributed by atoms with Crippen molar-refractivity contribution in [3.8, 4) is 11.4 Å². The van der Waals surface area contributed by atoms with E-state index in [9.17, 15) is 9.18 Å². The number of aryl methyl sites for hydroxylation is 2. The highest BCUT2D eigenvalue weighted by molar-refractivity contribution is 5.73. The van der Waals surface area contributed by atoms with Crippen molar-refractivity contribution in [3.05, 3.63) is 35.5 Å². The normalized spacial score (nSPS) is 15.2. The maximum atomic E-state index is 13.7. The Morgan fingerprint density at radius 2 is 2.00 bits per heavy atom. The first kappa shape index (κ1) is 19.3. The van der Waals surface area contributed by atoms with Crippen LogP contribution in [0.3, 0.4) is 0 Å². The third-order valence-corrected chi connectivity index (χ3v) is 4.79. The topological polar surface area (TPSA) is 65.7 Å². The average molecular weight is 375 g/mol. The summed E-state index contributed by atoms with van der Waals surface area (Å²) in [5.41, 5.74) is 1.21. The van der Waals surface area contributed by atoms with E-state index in [1.165, 1.54) is 6.07 Å².